The summed E-state index contributed by atoms with van der Waals surface area (Å²) in [4.78, 5) is 22.4. The fourth-order valence-electron chi connectivity index (χ4n) is 4.95. The Balaban J connectivity index is 1.88. The van der Waals surface area contributed by atoms with Gasteiger partial charge in [0.2, 0.25) is 0 Å². The van der Waals surface area contributed by atoms with Crippen molar-refractivity contribution in [3.05, 3.63) is 59.2 Å². The molecule has 200 valence electrons. The van der Waals surface area contributed by atoms with Gasteiger partial charge in [0, 0.05) is 37.0 Å². The minimum Gasteiger partial charge on any atom is -0.493 e. The topological polar surface area (TPSA) is 101 Å². The van der Waals surface area contributed by atoms with Crippen molar-refractivity contribution in [1.82, 2.24) is 0 Å². The number of carboxylic acids is 1. The van der Waals surface area contributed by atoms with E-state index in [9.17, 15) is 9.59 Å². The zero-order chi connectivity index (χ0) is 27.0. The van der Waals surface area contributed by atoms with Gasteiger partial charge in [-0.05, 0) is 35.4 Å². The SMILES string of the molecule is COc1ccc(C[C@@H]2c3cc(OC)c(OC)cc3CC[N@@+]2(C)CCCOC(=O)/C=C\C(=O)O)cc1OC. The van der Waals surface area contributed by atoms with Crippen LogP contribution in [0.15, 0.2) is 42.5 Å². The first kappa shape index (κ1) is 27.9. The second-order valence-electron chi connectivity index (χ2n) is 9.18. The molecule has 0 amide bonds. The van der Waals surface area contributed by atoms with Gasteiger partial charge >= 0.3 is 11.9 Å². The number of hydrogen-bond acceptors (Lipinski definition) is 7. The van der Waals surface area contributed by atoms with Crippen LogP contribution in [0.1, 0.15) is 29.2 Å². The van der Waals surface area contributed by atoms with Crippen molar-refractivity contribution in [3.8, 4) is 23.0 Å². The minimum absolute atomic E-state index is 0.101. The number of ether oxygens (including phenoxy) is 5. The van der Waals surface area contributed by atoms with Crippen LogP contribution in [0.5, 0.6) is 23.0 Å². The van der Waals surface area contributed by atoms with E-state index in [0.29, 0.717) is 29.4 Å². The maximum atomic E-state index is 11.8. The van der Waals surface area contributed by atoms with Gasteiger partial charge in [-0.3, -0.25) is 0 Å². The molecule has 0 unspecified atom stereocenters. The molecule has 0 bridgehead atoms. The molecule has 3 rings (SSSR count). The smallest absolute Gasteiger partial charge is 0.331 e. The van der Waals surface area contributed by atoms with Crippen molar-refractivity contribution in [2.75, 3.05) is 55.2 Å². The Morgan fingerprint density at radius 3 is 2.24 bits per heavy atom. The Kier molecular flexibility index (Phi) is 9.41. The molecular formula is C28H36NO8+. The first-order valence-electron chi connectivity index (χ1n) is 12.1. The van der Waals surface area contributed by atoms with Gasteiger partial charge in [-0.2, -0.15) is 0 Å². The van der Waals surface area contributed by atoms with Gasteiger partial charge in [-0.1, -0.05) is 6.07 Å². The standard InChI is InChI=1S/C28H35NO8/c1-29(12-6-14-37-28(32)10-9-27(30)31)13-11-20-17-25(35-4)26(36-5)18-21(20)22(29)15-19-7-8-23(33-2)24(16-19)34-3/h7-10,16-18,22H,6,11-15H2,1-5H3/p+1/b10-9-/t22-,29-/m1/s1. The van der Waals surface area contributed by atoms with E-state index in [1.54, 1.807) is 28.4 Å². The molecule has 37 heavy (non-hydrogen) atoms. The molecule has 2 atom stereocenters. The van der Waals surface area contributed by atoms with Gasteiger partial charge in [0.1, 0.15) is 6.04 Å². The summed E-state index contributed by atoms with van der Waals surface area (Å²) in [6.45, 7) is 1.87. The first-order chi connectivity index (χ1) is 17.7. The average Bonchev–Trinajstić information content (AvgIpc) is 2.90. The highest BCUT2D eigenvalue weighted by Gasteiger charge is 2.39. The highest BCUT2D eigenvalue weighted by Crippen LogP contribution is 2.43. The Morgan fingerprint density at radius 1 is 0.946 bits per heavy atom. The number of hydrogen-bond donors (Lipinski definition) is 1. The van der Waals surface area contributed by atoms with E-state index in [1.165, 1.54) is 11.1 Å². The van der Waals surface area contributed by atoms with Gasteiger partial charge in [0.25, 0.3) is 0 Å². The Labute approximate surface area is 217 Å². The molecule has 1 heterocycles. The largest absolute Gasteiger partial charge is 0.493 e. The van der Waals surface area contributed by atoms with Crippen molar-refractivity contribution in [2.24, 2.45) is 0 Å². The monoisotopic (exact) mass is 514 g/mol. The van der Waals surface area contributed by atoms with Crippen LogP contribution in [0.3, 0.4) is 0 Å². The Hall–Kier alpha value is -3.72. The van der Waals surface area contributed by atoms with Gasteiger partial charge in [0.15, 0.2) is 23.0 Å². The molecule has 0 radical (unpaired) electrons. The lowest BCUT2D eigenvalue weighted by Gasteiger charge is -2.46. The van der Waals surface area contributed by atoms with Gasteiger partial charge in [-0.15, -0.1) is 0 Å². The number of methoxy groups -OCH3 is 4. The summed E-state index contributed by atoms with van der Waals surface area (Å²) in [5.74, 6) is 0.908. The second kappa shape index (κ2) is 12.5. The maximum Gasteiger partial charge on any atom is 0.331 e. The zero-order valence-corrected chi connectivity index (χ0v) is 22.1. The van der Waals surface area contributed by atoms with Crippen LogP contribution < -0.4 is 18.9 Å². The van der Waals surface area contributed by atoms with E-state index in [4.69, 9.17) is 28.8 Å². The third-order valence-corrected chi connectivity index (χ3v) is 6.95. The van der Waals surface area contributed by atoms with Crippen LogP contribution in [0.2, 0.25) is 0 Å². The summed E-state index contributed by atoms with van der Waals surface area (Å²) in [5, 5.41) is 8.67. The fourth-order valence-corrected chi connectivity index (χ4v) is 4.95. The predicted molar refractivity (Wildman–Crippen MR) is 138 cm³/mol. The van der Waals surface area contributed by atoms with Crippen molar-refractivity contribution in [3.63, 3.8) is 0 Å². The lowest BCUT2D eigenvalue weighted by molar-refractivity contribution is -0.941. The van der Waals surface area contributed by atoms with Gasteiger partial charge in [0.05, 0.1) is 55.2 Å². The molecule has 1 aliphatic rings. The molecule has 0 saturated heterocycles. The predicted octanol–water partition coefficient (Wildman–Crippen LogP) is 3.58. The number of fused-ring (bicyclic) bond motifs is 1. The third kappa shape index (κ3) is 6.74. The molecule has 9 heteroatoms. The normalized spacial score (nSPS) is 18.7. The second-order valence-corrected chi connectivity index (χ2v) is 9.18. The summed E-state index contributed by atoms with van der Waals surface area (Å²) < 4.78 is 28.1. The van der Waals surface area contributed by atoms with Crippen LogP contribution in [0.4, 0.5) is 0 Å². The third-order valence-electron chi connectivity index (χ3n) is 6.95. The van der Waals surface area contributed by atoms with Crippen molar-refractivity contribution in [2.45, 2.75) is 25.3 Å². The summed E-state index contributed by atoms with van der Waals surface area (Å²) >= 11 is 0. The highest BCUT2D eigenvalue weighted by molar-refractivity contribution is 5.90. The molecule has 0 saturated carbocycles. The summed E-state index contributed by atoms with van der Waals surface area (Å²) in [6.07, 6.45) is 3.96. The number of aliphatic carboxylic acids is 1. The Morgan fingerprint density at radius 2 is 1.59 bits per heavy atom. The number of benzene rings is 2. The van der Waals surface area contributed by atoms with Gasteiger partial charge in [-0.25, -0.2) is 9.59 Å². The van der Waals surface area contributed by atoms with Crippen molar-refractivity contribution >= 4 is 11.9 Å². The van der Waals surface area contributed by atoms with E-state index in [1.807, 2.05) is 12.1 Å². The molecule has 0 aromatic heterocycles. The fraction of sp³-hybridized carbons (Fsp3) is 0.429. The molecule has 0 aliphatic carbocycles. The molecule has 0 spiro atoms. The van der Waals surface area contributed by atoms with E-state index in [-0.39, 0.29) is 12.6 Å². The number of nitrogens with zero attached hydrogens (tertiary/aromatic N) is 1. The summed E-state index contributed by atoms with van der Waals surface area (Å²) in [6, 6.07) is 10.2. The molecule has 1 N–H and O–H groups in total. The van der Waals surface area contributed by atoms with Crippen LogP contribution in [-0.2, 0) is 27.2 Å². The molecule has 1 aliphatic heterocycles. The van der Waals surface area contributed by atoms with E-state index < -0.39 is 11.9 Å². The quantitative estimate of drug-likeness (QED) is 0.199. The summed E-state index contributed by atoms with van der Waals surface area (Å²) in [7, 11) is 8.74. The lowest BCUT2D eigenvalue weighted by Crippen LogP contribution is -2.52. The zero-order valence-electron chi connectivity index (χ0n) is 22.1. The molecule has 0 fully saturated rings. The van der Waals surface area contributed by atoms with Crippen molar-refractivity contribution in [1.29, 1.82) is 0 Å². The number of carbonyl (C=O) groups excluding carboxylic acids is 1. The van der Waals surface area contributed by atoms with E-state index in [2.05, 4.69) is 25.2 Å². The highest BCUT2D eigenvalue weighted by atomic mass is 16.5. The number of esters is 1. The number of rotatable bonds is 12. The van der Waals surface area contributed by atoms with E-state index in [0.717, 1.165) is 48.1 Å². The number of carbonyl (C=O) groups is 2. The lowest BCUT2D eigenvalue weighted by atomic mass is 9.86. The Bertz CT molecular complexity index is 1150. The maximum absolute atomic E-state index is 11.8. The average molecular weight is 515 g/mol. The van der Waals surface area contributed by atoms with Crippen LogP contribution in [-0.4, -0.2) is 76.7 Å². The molecular weight excluding hydrogens is 478 g/mol. The first-order valence-corrected chi connectivity index (χ1v) is 12.1. The molecule has 9 nitrogen and oxygen atoms in total. The molecule has 2 aromatic rings. The van der Waals surface area contributed by atoms with Crippen LogP contribution in [0.25, 0.3) is 0 Å². The number of likely N-dealkylation sites (N-methyl/N-ethyl adjacent to an activating group) is 1. The number of quaternary nitrogens is 1. The van der Waals surface area contributed by atoms with Crippen molar-refractivity contribution < 1.29 is 42.9 Å². The van der Waals surface area contributed by atoms with Crippen LogP contribution in [0, 0.1) is 0 Å². The summed E-state index contributed by atoms with van der Waals surface area (Å²) in [5.41, 5.74) is 3.53. The van der Waals surface area contributed by atoms with E-state index >= 15 is 0 Å². The minimum atomic E-state index is -1.19. The van der Waals surface area contributed by atoms with Gasteiger partial charge < -0.3 is 33.3 Å². The van der Waals surface area contributed by atoms with Crippen LogP contribution >= 0.6 is 0 Å². The molecule has 2 aromatic carbocycles. The number of carboxylic acid groups (broad SMARTS) is 1.